The van der Waals surface area contributed by atoms with Crippen LogP contribution in [-0.2, 0) is 21.3 Å². The molecule has 0 atom stereocenters. The van der Waals surface area contributed by atoms with Crippen molar-refractivity contribution in [2.24, 2.45) is 0 Å². The number of hydrogen-bond acceptors (Lipinski definition) is 5. The fourth-order valence-electron chi connectivity index (χ4n) is 1.41. The summed E-state index contributed by atoms with van der Waals surface area (Å²) in [5, 5.41) is 3.12. The third kappa shape index (κ3) is 4.77. The third-order valence-electron chi connectivity index (χ3n) is 2.42. The number of methoxy groups -OCH3 is 1. The average Bonchev–Trinajstić information content (AvgIpc) is 2.83. The van der Waals surface area contributed by atoms with Crippen molar-refractivity contribution in [1.29, 1.82) is 0 Å². The zero-order chi connectivity index (χ0) is 13.4. The lowest BCUT2D eigenvalue weighted by atomic mass is 10.3. The molecular formula is C11H20N2O4S. The Balaban J connectivity index is 2.32. The van der Waals surface area contributed by atoms with Crippen LogP contribution in [0.3, 0.4) is 0 Å². The Labute approximate surface area is 108 Å². The van der Waals surface area contributed by atoms with Gasteiger partial charge < -0.3 is 14.5 Å². The summed E-state index contributed by atoms with van der Waals surface area (Å²) in [5.74, 6) is 0.607. The van der Waals surface area contributed by atoms with E-state index in [0.29, 0.717) is 12.3 Å². The van der Waals surface area contributed by atoms with Crippen molar-refractivity contribution < 1.29 is 17.6 Å². The number of rotatable bonds is 9. The van der Waals surface area contributed by atoms with Crippen LogP contribution in [0.25, 0.3) is 0 Å². The topological polar surface area (TPSA) is 80.6 Å². The van der Waals surface area contributed by atoms with Gasteiger partial charge in [-0.3, -0.25) is 0 Å². The maximum atomic E-state index is 11.4. The molecule has 1 heterocycles. The monoisotopic (exact) mass is 276 g/mol. The molecule has 0 saturated heterocycles. The molecule has 0 bridgehead atoms. The molecule has 18 heavy (non-hydrogen) atoms. The van der Waals surface area contributed by atoms with Crippen LogP contribution in [0, 0.1) is 0 Å². The largest absolute Gasteiger partial charge is 0.447 e. The highest BCUT2D eigenvalue weighted by Gasteiger charge is 2.15. The van der Waals surface area contributed by atoms with Crippen LogP contribution in [0.15, 0.2) is 21.6 Å². The molecule has 104 valence electrons. The number of hydrogen-bond donors (Lipinski definition) is 2. The Morgan fingerprint density at radius 2 is 2.11 bits per heavy atom. The maximum absolute atomic E-state index is 11.4. The quantitative estimate of drug-likeness (QED) is 0.649. The molecule has 0 aromatic carbocycles. The second-order valence-electron chi connectivity index (χ2n) is 3.80. The van der Waals surface area contributed by atoms with Gasteiger partial charge in [0.15, 0.2) is 0 Å². The molecule has 0 radical (unpaired) electrons. The van der Waals surface area contributed by atoms with Crippen molar-refractivity contribution in [3.63, 3.8) is 0 Å². The summed E-state index contributed by atoms with van der Waals surface area (Å²) in [4.78, 5) is 0. The Morgan fingerprint density at radius 3 is 2.78 bits per heavy atom. The summed E-state index contributed by atoms with van der Waals surface area (Å²) in [6, 6.07) is 3.11. The highest BCUT2D eigenvalue weighted by Crippen LogP contribution is 2.13. The average molecular weight is 276 g/mol. The van der Waals surface area contributed by atoms with E-state index in [1.807, 2.05) is 0 Å². The lowest BCUT2D eigenvalue weighted by molar-refractivity contribution is 0.192. The summed E-state index contributed by atoms with van der Waals surface area (Å²) in [6.07, 6.45) is 2.01. The van der Waals surface area contributed by atoms with Gasteiger partial charge in [-0.05, 0) is 38.6 Å². The van der Waals surface area contributed by atoms with E-state index in [4.69, 9.17) is 9.15 Å². The number of furan rings is 1. The number of sulfonamides is 1. The van der Waals surface area contributed by atoms with E-state index in [9.17, 15) is 8.42 Å². The maximum Gasteiger partial charge on any atom is 0.273 e. The van der Waals surface area contributed by atoms with Crippen molar-refractivity contribution in [3.8, 4) is 0 Å². The van der Waals surface area contributed by atoms with Crippen LogP contribution in [0.1, 0.15) is 18.6 Å². The van der Waals surface area contributed by atoms with E-state index >= 15 is 0 Å². The van der Waals surface area contributed by atoms with Gasteiger partial charge in [0, 0.05) is 13.7 Å². The lowest BCUT2D eigenvalue weighted by Crippen LogP contribution is -2.18. The zero-order valence-electron chi connectivity index (χ0n) is 10.7. The van der Waals surface area contributed by atoms with E-state index in [1.165, 1.54) is 13.1 Å². The van der Waals surface area contributed by atoms with Gasteiger partial charge in [0.2, 0.25) is 5.09 Å². The smallest absolute Gasteiger partial charge is 0.273 e. The second-order valence-corrected chi connectivity index (χ2v) is 5.62. The Bertz CT molecular complexity index is 442. The standard InChI is InChI=1S/C11H20N2O4S/c1-12-18(14,15)11-6-5-10(17-11)9-13-7-3-4-8-16-2/h5-6,12-13H,3-4,7-9H2,1-2H3. The first kappa shape index (κ1) is 15.2. The van der Waals surface area contributed by atoms with Crippen molar-refractivity contribution in [2.75, 3.05) is 27.3 Å². The van der Waals surface area contributed by atoms with E-state index in [2.05, 4.69) is 10.0 Å². The Hall–Kier alpha value is -0.890. The number of ether oxygens (including phenoxy) is 1. The molecular weight excluding hydrogens is 256 g/mol. The Morgan fingerprint density at radius 1 is 1.33 bits per heavy atom. The molecule has 2 N–H and O–H groups in total. The SMILES string of the molecule is CNS(=O)(=O)c1ccc(CNCCCCOC)o1. The molecule has 0 amide bonds. The molecule has 0 saturated carbocycles. The van der Waals surface area contributed by atoms with E-state index in [1.54, 1.807) is 13.2 Å². The number of nitrogens with one attached hydrogen (secondary N) is 2. The highest BCUT2D eigenvalue weighted by molar-refractivity contribution is 7.89. The molecule has 6 nitrogen and oxygen atoms in total. The normalized spacial score (nSPS) is 11.9. The van der Waals surface area contributed by atoms with Gasteiger partial charge in [0.1, 0.15) is 5.76 Å². The van der Waals surface area contributed by atoms with Crippen LogP contribution in [-0.4, -0.2) is 35.7 Å². The summed E-state index contributed by atoms with van der Waals surface area (Å²) in [6.45, 7) is 2.12. The minimum absolute atomic E-state index is 0.0545. The predicted molar refractivity (Wildman–Crippen MR) is 67.8 cm³/mol. The minimum Gasteiger partial charge on any atom is -0.447 e. The molecule has 7 heteroatoms. The molecule has 1 aromatic heterocycles. The van der Waals surface area contributed by atoms with Crippen molar-refractivity contribution in [3.05, 3.63) is 17.9 Å². The van der Waals surface area contributed by atoms with Crippen LogP contribution in [0.2, 0.25) is 0 Å². The first-order valence-corrected chi connectivity index (χ1v) is 7.30. The molecule has 0 unspecified atom stereocenters. The molecule has 0 aliphatic carbocycles. The first-order valence-electron chi connectivity index (χ1n) is 5.82. The highest BCUT2D eigenvalue weighted by atomic mass is 32.2. The summed E-state index contributed by atoms with van der Waals surface area (Å²) >= 11 is 0. The minimum atomic E-state index is -3.48. The van der Waals surface area contributed by atoms with Gasteiger partial charge in [-0.1, -0.05) is 0 Å². The van der Waals surface area contributed by atoms with Gasteiger partial charge in [0.05, 0.1) is 6.54 Å². The van der Waals surface area contributed by atoms with Gasteiger partial charge >= 0.3 is 0 Å². The van der Waals surface area contributed by atoms with Gasteiger partial charge in [-0.15, -0.1) is 0 Å². The van der Waals surface area contributed by atoms with Gasteiger partial charge in [-0.2, -0.15) is 0 Å². The summed E-state index contributed by atoms with van der Waals surface area (Å²) in [5.41, 5.74) is 0. The fraction of sp³-hybridized carbons (Fsp3) is 0.636. The van der Waals surface area contributed by atoms with E-state index in [-0.39, 0.29) is 5.09 Å². The van der Waals surface area contributed by atoms with E-state index in [0.717, 1.165) is 26.0 Å². The first-order chi connectivity index (χ1) is 8.60. The van der Waals surface area contributed by atoms with E-state index < -0.39 is 10.0 Å². The molecule has 0 spiro atoms. The van der Waals surface area contributed by atoms with Gasteiger partial charge in [-0.25, -0.2) is 13.1 Å². The molecule has 0 aliphatic rings. The molecule has 1 rings (SSSR count). The predicted octanol–water partition coefficient (Wildman–Crippen LogP) is 0.704. The lowest BCUT2D eigenvalue weighted by Gasteiger charge is -2.02. The van der Waals surface area contributed by atoms with Crippen LogP contribution >= 0.6 is 0 Å². The fourth-order valence-corrected chi connectivity index (χ4v) is 2.07. The second kappa shape index (κ2) is 7.52. The Kier molecular flexibility index (Phi) is 6.34. The number of unbranched alkanes of at least 4 members (excludes halogenated alkanes) is 1. The van der Waals surface area contributed by atoms with Crippen molar-refractivity contribution in [2.45, 2.75) is 24.5 Å². The third-order valence-corrected chi connectivity index (χ3v) is 3.71. The van der Waals surface area contributed by atoms with Gasteiger partial charge in [0.25, 0.3) is 10.0 Å². The zero-order valence-corrected chi connectivity index (χ0v) is 11.5. The van der Waals surface area contributed by atoms with Crippen LogP contribution < -0.4 is 10.0 Å². The van der Waals surface area contributed by atoms with Crippen LogP contribution in [0.5, 0.6) is 0 Å². The molecule has 0 aliphatic heterocycles. The summed E-state index contributed by atoms with van der Waals surface area (Å²) in [7, 11) is -0.448. The van der Waals surface area contributed by atoms with Crippen LogP contribution in [0.4, 0.5) is 0 Å². The summed E-state index contributed by atoms with van der Waals surface area (Å²) < 4.78 is 35.2. The molecule has 0 fully saturated rings. The van der Waals surface area contributed by atoms with Crippen molar-refractivity contribution in [1.82, 2.24) is 10.0 Å². The van der Waals surface area contributed by atoms with Crippen molar-refractivity contribution >= 4 is 10.0 Å². The molecule has 1 aromatic rings.